The van der Waals surface area contributed by atoms with E-state index >= 15 is 0 Å². The molecule has 0 radical (unpaired) electrons. The van der Waals surface area contributed by atoms with Crippen LogP contribution in [-0.4, -0.2) is 75.5 Å². The van der Waals surface area contributed by atoms with Gasteiger partial charge in [0.1, 0.15) is 0 Å². The Labute approximate surface area is 118 Å². The molecule has 0 aromatic carbocycles. The molecule has 0 amide bonds. The van der Waals surface area contributed by atoms with Gasteiger partial charge in [-0.1, -0.05) is 19.3 Å². The van der Waals surface area contributed by atoms with Gasteiger partial charge in [0, 0.05) is 26.2 Å². The molecule has 2 fully saturated rings. The molecule has 0 spiro atoms. The summed E-state index contributed by atoms with van der Waals surface area (Å²) >= 11 is 0. The number of hydrogen-bond donors (Lipinski definition) is 0. The average Bonchev–Trinajstić information content (AvgIpc) is 2.48. The minimum atomic E-state index is 0.930. The number of hydrogen-bond acceptors (Lipinski definition) is 4. The summed E-state index contributed by atoms with van der Waals surface area (Å²) in [5.74, 6) is 0. The van der Waals surface area contributed by atoms with E-state index in [0.29, 0.717) is 0 Å². The molecule has 4 nitrogen and oxygen atoms in total. The van der Waals surface area contributed by atoms with Crippen molar-refractivity contribution in [1.82, 2.24) is 9.80 Å². The molecule has 2 aliphatic rings. The van der Waals surface area contributed by atoms with E-state index in [0.717, 1.165) is 52.6 Å². The van der Waals surface area contributed by atoms with Crippen molar-refractivity contribution < 1.29 is 9.47 Å². The molecule has 0 aromatic heterocycles. The Morgan fingerprint density at radius 1 is 0.526 bits per heavy atom. The van der Waals surface area contributed by atoms with Crippen LogP contribution >= 0.6 is 0 Å². The van der Waals surface area contributed by atoms with E-state index in [-0.39, 0.29) is 0 Å². The van der Waals surface area contributed by atoms with E-state index in [2.05, 4.69) is 9.80 Å². The van der Waals surface area contributed by atoms with E-state index in [4.69, 9.17) is 9.47 Å². The van der Waals surface area contributed by atoms with E-state index < -0.39 is 0 Å². The average molecular weight is 270 g/mol. The summed E-state index contributed by atoms with van der Waals surface area (Å²) in [6.45, 7) is 10.8. The second kappa shape index (κ2) is 9.70. The standard InChI is InChI=1S/C15H30N2O2/c1(2-4-6-16-8-12-18-13-9-16)3-5-7-17-10-14-19-15-11-17/h1-15H2. The highest BCUT2D eigenvalue weighted by molar-refractivity contribution is 4.63. The third kappa shape index (κ3) is 6.70. The van der Waals surface area contributed by atoms with E-state index in [1.165, 1.54) is 45.2 Å². The minimum absolute atomic E-state index is 0.930. The van der Waals surface area contributed by atoms with Crippen LogP contribution < -0.4 is 0 Å². The molecule has 0 bridgehead atoms. The Morgan fingerprint density at radius 3 is 1.32 bits per heavy atom. The topological polar surface area (TPSA) is 24.9 Å². The van der Waals surface area contributed by atoms with Gasteiger partial charge in [0.15, 0.2) is 0 Å². The van der Waals surface area contributed by atoms with Crippen molar-refractivity contribution in [2.24, 2.45) is 0 Å². The lowest BCUT2D eigenvalue weighted by Crippen LogP contribution is -2.37. The fourth-order valence-corrected chi connectivity index (χ4v) is 2.85. The van der Waals surface area contributed by atoms with Crippen LogP contribution in [0, 0.1) is 0 Å². The van der Waals surface area contributed by atoms with Crippen LogP contribution in [-0.2, 0) is 9.47 Å². The molecule has 0 N–H and O–H groups in total. The molecule has 2 heterocycles. The molecule has 112 valence electrons. The number of rotatable bonds is 8. The van der Waals surface area contributed by atoms with E-state index in [1.54, 1.807) is 0 Å². The lowest BCUT2D eigenvalue weighted by atomic mass is 10.1. The summed E-state index contributed by atoms with van der Waals surface area (Å²) in [5, 5.41) is 0. The van der Waals surface area contributed by atoms with Gasteiger partial charge in [-0.2, -0.15) is 0 Å². The quantitative estimate of drug-likeness (QED) is 0.626. The zero-order valence-corrected chi connectivity index (χ0v) is 12.3. The first-order valence-electron chi connectivity index (χ1n) is 8.05. The van der Waals surface area contributed by atoms with Gasteiger partial charge in [-0.25, -0.2) is 0 Å². The van der Waals surface area contributed by atoms with Crippen molar-refractivity contribution in [3.05, 3.63) is 0 Å². The zero-order chi connectivity index (χ0) is 13.2. The first-order valence-corrected chi connectivity index (χ1v) is 8.05. The normalized spacial score (nSPS) is 22.7. The molecule has 0 aliphatic carbocycles. The SMILES string of the molecule is C(CCCN1CCOCC1)CCCN1CCOCC1. The zero-order valence-electron chi connectivity index (χ0n) is 12.3. The van der Waals surface area contributed by atoms with Crippen LogP contribution in [0.15, 0.2) is 0 Å². The molecule has 2 rings (SSSR count). The fraction of sp³-hybridized carbons (Fsp3) is 1.00. The van der Waals surface area contributed by atoms with E-state index in [9.17, 15) is 0 Å². The summed E-state index contributed by atoms with van der Waals surface area (Å²) in [6, 6.07) is 0. The van der Waals surface area contributed by atoms with Gasteiger partial charge in [0.05, 0.1) is 26.4 Å². The molecule has 0 atom stereocenters. The Kier molecular flexibility index (Phi) is 7.78. The maximum Gasteiger partial charge on any atom is 0.0594 e. The summed E-state index contributed by atoms with van der Waals surface area (Å²) in [7, 11) is 0. The second-order valence-electron chi connectivity index (χ2n) is 5.68. The largest absolute Gasteiger partial charge is 0.379 e. The summed E-state index contributed by atoms with van der Waals surface area (Å²) in [6.07, 6.45) is 6.89. The number of unbranched alkanes of at least 4 members (excludes halogenated alkanes) is 4. The molecule has 2 saturated heterocycles. The first kappa shape index (κ1) is 15.2. The van der Waals surface area contributed by atoms with Crippen molar-refractivity contribution in [2.75, 3.05) is 65.7 Å². The van der Waals surface area contributed by atoms with Crippen molar-refractivity contribution in [3.63, 3.8) is 0 Å². The van der Waals surface area contributed by atoms with Gasteiger partial charge in [-0.15, -0.1) is 0 Å². The molecule has 19 heavy (non-hydrogen) atoms. The Bertz CT molecular complexity index is 192. The van der Waals surface area contributed by atoms with Crippen LogP contribution in [0.4, 0.5) is 0 Å². The van der Waals surface area contributed by atoms with Crippen LogP contribution in [0.2, 0.25) is 0 Å². The van der Waals surface area contributed by atoms with Gasteiger partial charge < -0.3 is 9.47 Å². The van der Waals surface area contributed by atoms with Crippen molar-refractivity contribution in [3.8, 4) is 0 Å². The van der Waals surface area contributed by atoms with Gasteiger partial charge in [0.25, 0.3) is 0 Å². The molecule has 4 heteroatoms. The van der Waals surface area contributed by atoms with Crippen molar-refractivity contribution in [2.45, 2.75) is 32.1 Å². The first-order chi connectivity index (χ1) is 9.45. The monoisotopic (exact) mass is 270 g/mol. The number of morpholine rings is 2. The third-order valence-corrected chi connectivity index (χ3v) is 4.16. The smallest absolute Gasteiger partial charge is 0.0594 e. The molecule has 0 aromatic rings. The second-order valence-corrected chi connectivity index (χ2v) is 5.68. The molecule has 2 aliphatic heterocycles. The lowest BCUT2D eigenvalue weighted by Gasteiger charge is -2.27. The predicted octanol–water partition coefficient (Wildman–Crippen LogP) is 1.60. The van der Waals surface area contributed by atoms with Crippen LogP contribution in [0.25, 0.3) is 0 Å². The lowest BCUT2D eigenvalue weighted by molar-refractivity contribution is 0.0363. The van der Waals surface area contributed by atoms with Gasteiger partial charge >= 0.3 is 0 Å². The van der Waals surface area contributed by atoms with Crippen LogP contribution in [0.1, 0.15) is 32.1 Å². The van der Waals surface area contributed by atoms with Gasteiger partial charge in [0.2, 0.25) is 0 Å². The maximum atomic E-state index is 5.36. The van der Waals surface area contributed by atoms with Crippen molar-refractivity contribution in [1.29, 1.82) is 0 Å². The number of ether oxygens (including phenoxy) is 2. The Balaban J connectivity index is 1.35. The van der Waals surface area contributed by atoms with Crippen LogP contribution in [0.5, 0.6) is 0 Å². The van der Waals surface area contributed by atoms with Gasteiger partial charge in [-0.3, -0.25) is 9.80 Å². The third-order valence-electron chi connectivity index (χ3n) is 4.16. The van der Waals surface area contributed by atoms with E-state index in [1.807, 2.05) is 0 Å². The number of nitrogens with zero attached hydrogens (tertiary/aromatic N) is 2. The fourth-order valence-electron chi connectivity index (χ4n) is 2.85. The molecular formula is C15H30N2O2. The highest BCUT2D eigenvalue weighted by atomic mass is 16.5. The Hall–Kier alpha value is -0.160. The molecular weight excluding hydrogens is 240 g/mol. The molecule has 0 saturated carbocycles. The van der Waals surface area contributed by atoms with Crippen molar-refractivity contribution >= 4 is 0 Å². The summed E-state index contributed by atoms with van der Waals surface area (Å²) in [5.41, 5.74) is 0. The minimum Gasteiger partial charge on any atom is -0.379 e. The highest BCUT2D eigenvalue weighted by Crippen LogP contribution is 2.07. The summed E-state index contributed by atoms with van der Waals surface area (Å²) < 4.78 is 10.7. The van der Waals surface area contributed by atoms with Gasteiger partial charge in [-0.05, 0) is 25.9 Å². The highest BCUT2D eigenvalue weighted by Gasteiger charge is 2.10. The predicted molar refractivity (Wildman–Crippen MR) is 77.6 cm³/mol. The summed E-state index contributed by atoms with van der Waals surface area (Å²) in [4.78, 5) is 5.08. The molecule has 0 unspecified atom stereocenters. The van der Waals surface area contributed by atoms with Crippen LogP contribution in [0.3, 0.4) is 0 Å². The maximum absolute atomic E-state index is 5.36. The Morgan fingerprint density at radius 2 is 0.895 bits per heavy atom.